The van der Waals surface area contributed by atoms with Crippen molar-refractivity contribution < 1.29 is 15.3 Å². The first kappa shape index (κ1) is 23.4. The van der Waals surface area contributed by atoms with Crippen molar-refractivity contribution in [3.8, 4) is 11.8 Å². The summed E-state index contributed by atoms with van der Waals surface area (Å²) in [7, 11) is 0. The van der Waals surface area contributed by atoms with Crippen LogP contribution in [0.1, 0.15) is 61.6 Å². The van der Waals surface area contributed by atoms with Gasteiger partial charge in [-0.1, -0.05) is 25.1 Å². The Kier molecular flexibility index (Phi) is 5.45. The number of aromatic nitrogens is 2. The van der Waals surface area contributed by atoms with Gasteiger partial charge in [0.05, 0.1) is 5.52 Å². The number of hydrogen-bond acceptors (Lipinski definition) is 5. The van der Waals surface area contributed by atoms with E-state index < -0.39 is 0 Å². The summed E-state index contributed by atoms with van der Waals surface area (Å²) in [5.41, 5.74) is 2.97. The second-order valence-electron chi connectivity index (χ2n) is 12.1. The third-order valence-corrected chi connectivity index (χ3v) is 10.3. The van der Waals surface area contributed by atoms with Crippen molar-refractivity contribution in [1.82, 2.24) is 14.0 Å². The zero-order valence-electron chi connectivity index (χ0n) is 21.5. The third kappa shape index (κ3) is 3.57. The van der Waals surface area contributed by atoms with Gasteiger partial charge >= 0.3 is 0 Å². The first-order chi connectivity index (χ1) is 18.0. The van der Waals surface area contributed by atoms with Crippen LogP contribution in [0.3, 0.4) is 0 Å². The highest BCUT2D eigenvalue weighted by molar-refractivity contribution is 5.78. The second kappa shape index (κ2) is 8.63. The van der Waals surface area contributed by atoms with Crippen molar-refractivity contribution in [1.29, 1.82) is 0 Å². The maximum atomic E-state index is 12.7. The van der Waals surface area contributed by atoms with Gasteiger partial charge in [-0.3, -0.25) is 9.36 Å². The molecule has 2 aromatic heterocycles. The van der Waals surface area contributed by atoms with Gasteiger partial charge in [-0.15, -0.1) is 0 Å². The molecule has 3 aromatic rings. The van der Waals surface area contributed by atoms with E-state index in [4.69, 9.17) is 0 Å². The predicted octanol–water partition coefficient (Wildman–Crippen LogP) is 4.02. The quantitative estimate of drug-likeness (QED) is 0.473. The van der Waals surface area contributed by atoms with Crippen LogP contribution >= 0.6 is 0 Å². The van der Waals surface area contributed by atoms with Crippen molar-refractivity contribution >= 4 is 10.9 Å². The minimum atomic E-state index is 0.0887. The molecule has 1 aromatic carbocycles. The Morgan fingerprint density at radius 1 is 0.892 bits per heavy atom. The second-order valence-corrected chi connectivity index (χ2v) is 12.1. The van der Waals surface area contributed by atoms with Crippen molar-refractivity contribution in [3.05, 3.63) is 57.9 Å². The molecule has 7 nitrogen and oxygen atoms in total. The van der Waals surface area contributed by atoms with Crippen molar-refractivity contribution in [2.75, 3.05) is 26.2 Å². The number of hydrogen-bond donors (Lipinski definition) is 3. The largest absolute Gasteiger partial charge is 0.494 e. The molecule has 7 heteroatoms. The van der Waals surface area contributed by atoms with Gasteiger partial charge < -0.3 is 24.8 Å². The number of fused-ring (bicyclic) bond motifs is 6. The summed E-state index contributed by atoms with van der Waals surface area (Å²) in [6.45, 7) is 5.99. The van der Waals surface area contributed by atoms with Crippen LogP contribution in [0.2, 0.25) is 0 Å². The van der Waals surface area contributed by atoms with Gasteiger partial charge in [0, 0.05) is 56.0 Å². The van der Waals surface area contributed by atoms with E-state index in [1.165, 1.54) is 0 Å². The molecule has 0 amide bonds. The number of aliphatic hydroxyl groups excluding tert-OH is 1. The van der Waals surface area contributed by atoms with E-state index in [0.717, 1.165) is 67.3 Å². The number of benzene rings is 1. The van der Waals surface area contributed by atoms with Crippen LogP contribution in [0.25, 0.3) is 10.9 Å². The van der Waals surface area contributed by atoms with Gasteiger partial charge in [0.15, 0.2) is 11.8 Å². The average Bonchev–Trinajstić information content (AvgIpc) is 3.27. The van der Waals surface area contributed by atoms with E-state index in [2.05, 4.69) is 24.0 Å². The molecule has 3 fully saturated rings. The highest BCUT2D eigenvalue weighted by atomic mass is 16.3. The molecule has 0 spiro atoms. The van der Waals surface area contributed by atoms with E-state index in [0.29, 0.717) is 24.3 Å². The van der Waals surface area contributed by atoms with E-state index >= 15 is 0 Å². The molecule has 0 radical (unpaired) electrons. The Morgan fingerprint density at radius 2 is 1.59 bits per heavy atom. The fraction of sp³-hybridized carbons (Fsp3) is 0.567. The number of likely N-dealkylation sites (tertiary alicyclic amines) is 1. The van der Waals surface area contributed by atoms with Gasteiger partial charge in [0.2, 0.25) is 0 Å². The molecule has 7 rings (SSSR count). The van der Waals surface area contributed by atoms with E-state index in [1.807, 2.05) is 22.8 Å². The fourth-order valence-corrected chi connectivity index (χ4v) is 8.14. The highest BCUT2D eigenvalue weighted by Gasteiger charge is 2.53. The van der Waals surface area contributed by atoms with Gasteiger partial charge in [-0.05, 0) is 78.7 Å². The molecule has 2 bridgehead atoms. The Bertz CT molecular complexity index is 1400. The summed E-state index contributed by atoms with van der Waals surface area (Å²) < 4.78 is 3.75. The summed E-state index contributed by atoms with van der Waals surface area (Å²) in [4.78, 5) is 15.2. The molecule has 3 heterocycles. The molecule has 3 N–H and O–H groups in total. The van der Waals surface area contributed by atoms with Crippen molar-refractivity contribution in [2.45, 2.75) is 57.0 Å². The molecule has 6 atom stereocenters. The minimum Gasteiger partial charge on any atom is -0.494 e. The minimum absolute atomic E-state index is 0.0887. The molecule has 37 heavy (non-hydrogen) atoms. The fourth-order valence-electron chi connectivity index (χ4n) is 8.14. The Morgan fingerprint density at radius 3 is 2.35 bits per heavy atom. The summed E-state index contributed by atoms with van der Waals surface area (Å²) in [6, 6.07) is 12.0. The molecular formula is C30H37N3O4. The lowest BCUT2D eigenvalue weighted by atomic mass is 9.78. The molecule has 2 saturated carbocycles. The lowest BCUT2D eigenvalue weighted by Gasteiger charge is -2.33. The predicted molar refractivity (Wildman–Crippen MR) is 142 cm³/mol. The number of pyridine rings is 1. The molecule has 1 saturated heterocycles. The Labute approximate surface area is 217 Å². The first-order valence-electron chi connectivity index (χ1n) is 14.0. The third-order valence-electron chi connectivity index (χ3n) is 10.3. The monoisotopic (exact) mass is 503 g/mol. The molecule has 4 aliphatic rings. The Hall–Kier alpha value is -2.77. The van der Waals surface area contributed by atoms with Crippen molar-refractivity contribution in [3.63, 3.8) is 0 Å². The van der Waals surface area contributed by atoms with Crippen LogP contribution in [-0.2, 0) is 6.54 Å². The topological polar surface area (TPSA) is 90.9 Å². The Balaban J connectivity index is 0.988. The average molecular weight is 504 g/mol. The van der Waals surface area contributed by atoms with Crippen LogP contribution in [-0.4, -0.2) is 55.6 Å². The number of piperidine rings is 1. The summed E-state index contributed by atoms with van der Waals surface area (Å²) in [5.74, 6) is 2.46. The smallest absolute Gasteiger partial charge is 0.251 e. The molecule has 196 valence electrons. The highest BCUT2D eigenvalue weighted by Crippen LogP contribution is 2.64. The van der Waals surface area contributed by atoms with Gasteiger partial charge in [-0.25, -0.2) is 0 Å². The molecule has 3 aliphatic carbocycles. The van der Waals surface area contributed by atoms with Crippen molar-refractivity contribution in [2.24, 2.45) is 23.7 Å². The van der Waals surface area contributed by atoms with Gasteiger partial charge in [0.25, 0.3) is 5.56 Å². The van der Waals surface area contributed by atoms with Gasteiger partial charge in [-0.2, -0.15) is 0 Å². The van der Waals surface area contributed by atoms with Gasteiger partial charge in [0.1, 0.15) is 0 Å². The number of para-hydroxylation sites is 1. The SMILES string of the molecule is CC1C2CC(c3c2c(O)n(C[C@H]2C[C@@H]2CN2CCC(n4c(=O)ccc5ccccc54)CC2)c3O)C1CO. The number of rotatable bonds is 6. The summed E-state index contributed by atoms with van der Waals surface area (Å²) in [5, 5.41) is 33.1. The van der Waals surface area contributed by atoms with Crippen LogP contribution in [0.4, 0.5) is 0 Å². The maximum absolute atomic E-state index is 12.7. The van der Waals surface area contributed by atoms with Crippen LogP contribution < -0.4 is 5.56 Å². The molecule has 4 unspecified atom stereocenters. The van der Waals surface area contributed by atoms with E-state index in [-0.39, 0.29) is 47.7 Å². The lowest BCUT2D eigenvalue weighted by molar-refractivity contribution is 0.177. The first-order valence-corrected chi connectivity index (χ1v) is 14.0. The lowest BCUT2D eigenvalue weighted by Crippen LogP contribution is -2.38. The number of aromatic hydroxyl groups is 2. The number of nitrogens with zero attached hydrogens (tertiary/aromatic N) is 3. The van der Waals surface area contributed by atoms with Crippen LogP contribution in [0, 0.1) is 23.7 Å². The zero-order chi connectivity index (χ0) is 25.4. The summed E-state index contributed by atoms with van der Waals surface area (Å²) >= 11 is 0. The standard InChI is InChI=1S/C30H37N3O4/c1-17-22-13-23(24(17)16-34)28-27(22)29(36)32(30(28)37)15-20-12-19(20)14-31-10-8-21(9-11-31)33-25-5-3-2-4-18(25)6-7-26(33)35/h2-7,17,19-24,34,36-37H,8-16H2,1H3/t17?,19-,20-,22?,23?,24?/m1/s1. The van der Waals surface area contributed by atoms with Crippen LogP contribution in [0.5, 0.6) is 11.8 Å². The van der Waals surface area contributed by atoms with Crippen LogP contribution in [0.15, 0.2) is 41.2 Å². The summed E-state index contributed by atoms with van der Waals surface area (Å²) in [6.07, 6.45) is 4.01. The maximum Gasteiger partial charge on any atom is 0.251 e. The molecular weight excluding hydrogens is 466 g/mol. The molecule has 1 aliphatic heterocycles. The van der Waals surface area contributed by atoms with E-state index in [1.54, 1.807) is 10.6 Å². The van der Waals surface area contributed by atoms with E-state index in [9.17, 15) is 20.1 Å². The zero-order valence-corrected chi connectivity index (χ0v) is 21.5. The normalized spacial score (nSPS) is 31.3. The number of aliphatic hydroxyl groups is 1.